The van der Waals surface area contributed by atoms with Crippen molar-refractivity contribution < 1.29 is 32.9 Å². The molecule has 0 unspecified atom stereocenters. The molecule has 6 aromatic rings. The largest absolute Gasteiger partial charge is 0.493 e. The Labute approximate surface area is 296 Å². The van der Waals surface area contributed by atoms with E-state index < -0.39 is 5.82 Å². The molecule has 16 heteroatoms. The molecule has 6 aromatic heterocycles. The van der Waals surface area contributed by atoms with Gasteiger partial charge < -0.3 is 38.7 Å². The molecule has 2 amide bonds. The van der Waals surface area contributed by atoms with Crippen LogP contribution in [0, 0.1) is 17.7 Å². The molecule has 6 heterocycles. The molecular weight excluding hydrogens is 673 g/mol. The first kappa shape index (κ1) is 32.9. The predicted molar refractivity (Wildman–Crippen MR) is 188 cm³/mol. The quantitative estimate of drug-likeness (QED) is 0.159. The second-order valence-electron chi connectivity index (χ2n) is 12.8. The third kappa shape index (κ3) is 6.05. The Morgan fingerprint density at radius 1 is 0.712 bits per heavy atom. The van der Waals surface area contributed by atoms with Crippen molar-refractivity contribution in [3.05, 3.63) is 55.0 Å². The van der Waals surface area contributed by atoms with Crippen LogP contribution in [-0.2, 0) is 23.7 Å². The molecular formula is C36H34FN9O6. The fourth-order valence-corrected chi connectivity index (χ4v) is 6.20. The van der Waals surface area contributed by atoms with E-state index in [2.05, 4.69) is 35.6 Å². The number of aryl methyl sites for hydroxylation is 2. The van der Waals surface area contributed by atoms with E-state index in [9.17, 15) is 9.59 Å². The van der Waals surface area contributed by atoms with Crippen LogP contribution in [0.15, 0.2) is 49.2 Å². The topological polar surface area (TPSA) is 169 Å². The third-order valence-electron chi connectivity index (χ3n) is 9.29. The van der Waals surface area contributed by atoms with Gasteiger partial charge in [0.2, 0.25) is 36.2 Å². The smallest absolute Gasteiger partial charge is 0.234 e. The molecule has 0 radical (unpaired) electrons. The van der Waals surface area contributed by atoms with Gasteiger partial charge >= 0.3 is 0 Å². The molecule has 0 aromatic carbocycles. The highest BCUT2D eigenvalue weighted by Crippen LogP contribution is 2.42. The zero-order valence-corrected chi connectivity index (χ0v) is 28.8. The Hall–Kier alpha value is -6.32. The zero-order chi connectivity index (χ0) is 36.1. The van der Waals surface area contributed by atoms with E-state index in [1.807, 2.05) is 34.4 Å². The molecule has 2 N–H and O–H groups in total. The summed E-state index contributed by atoms with van der Waals surface area (Å²) < 4.78 is 42.1. The van der Waals surface area contributed by atoms with Gasteiger partial charge in [0.1, 0.15) is 29.1 Å². The number of nitrogens with zero attached hydrogens (tertiary/aromatic N) is 7. The number of methoxy groups -OCH3 is 2. The number of halogens is 1. The molecule has 0 spiro atoms. The molecule has 2 aliphatic rings. The summed E-state index contributed by atoms with van der Waals surface area (Å²) in [6.07, 6.45) is 9.17. The van der Waals surface area contributed by atoms with E-state index in [0.717, 1.165) is 53.7 Å². The van der Waals surface area contributed by atoms with Crippen LogP contribution in [0.3, 0.4) is 0 Å². The van der Waals surface area contributed by atoms with E-state index in [1.165, 1.54) is 20.5 Å². The lowest BCUT2D eigenvalue weighted by atomic mass is 10.1. The number of hydrogen-bond donors (Lipinski definition) is 2. The number of pyridine rings is 3. The maximum Gasteiger partial charge on any atom is 0.234 e. The molecule has 52 heavy (non-hydrogen) atoms. The van der Waals surface area contributed by atoms with Crippen LogP contribution in [0.2, 0.25) is 0 Å². The molecule has 2 fully saturated rings. The average molecular weight is 708 g/mol. The standard InChI is InChI=1S/C36H34FN9O6/c1-45-23(9-20-11-27(38-14-25(20)45)43-32(47)18-5-6-18)29-31(49-3)22(37)13-40-35(29)51-17-52-36-30(34(50-4)41-16-42-36)24-10-21-12-28(39-15-26(21)46(24)2)44-33(48)19-7-8-19/h9-16,18-19H,5-8,17H2,1-4H3,(H,38,43,47)(H,39,44,48). The lowest BCUT2D eigenvalue weighted by Gasteiger charge is -2.17. The minimum atomic E-state index is -0.685. The number of rotatable bonds is 12. The van der Waals surface area contributed by atoms with Crippen LogP contribution in [0.25, 0.3) is 44.3 Å². The lowest BCUT2D eigenvalue weighted by Crippen LogP contribution is -2.14. The molecule has 0 saturated heterocycles. The van der Waals surface area contributed by atoms with Crippen molar-refractivity contribution in [1.82, 2.24) is 34.1 Å². The molecule has 0 aliphatic heterocycles. The van der Waals surface area contributed by atoms with Gasteiger partial charge in [-0.1, -0.05) is 0 Å². The number of fused-ring (bicyclic) bond motifs is 2. The molecule has 15 nitrogen and oxygen atoms in total. The number of carbonyl (C=O) groups excluding carboxylic acids is 2. The summed E-state index contributed by atoms with van der Waals surface area (Å²) >= 11 is 0. The summed E-state index contributed by atoms with van der Waals surface area (Å²) in [6.45, 7) is -0.381. The fourth-order valence-electron chi connectivity index (χ4n) is 6.20. The fraction of sp³-hybridized carbons (Fsp3) is 0.306. The van der Waals surface area contributed by atoms with Crippen molar-refractivity contribution in [2.75, 3.05) is 31.6 Å². The highest BCUT2D eigenvalue weighted by Gasteiger charge is 2.31. The molecule has 8 rings (SSSR count). The van der Waals surface area contributed by atoms with E-state index in [0.29, 0.717) is 28.6 Å². The first-order chi connectivity index (χ1) is 25.2. The number of hydrogen-bond acceptors (Lipinski definition) is 11. The van der Waals surface area contributed by atoms with Crippen LogP contribution in [0.4, 0.5) is 16.0 Å². The van der Waals surface area contributed by atoms with E-state index in [1.54, 1.807) is 25.5 Å². The molecule has 2 aliphatic carbocycles. The SMILES string of the molecule is COc1ncnc(OCOc2ncc(F)c(OC)c2-c2cc3cc(NC(=O)C4CC4)ncc3n2C)c1-c1cc2cc(NC(=O)C3CC3)ncc2n1C. The van der Waals surface area contributed by atoms with Gasteiger partial charge in [-0.05, 0) is 49.9 Å². The lowest BCUT2D eigenvalue weighted by molar-refractivity contribution is -0.118. The van der Waals surface area contributed by atoms with Gasteiger partial charge in [-0.25, -0.2) is 29.3 Å². The Morgan fingerprint density at radius 3 is 1.75 bits per heavy atom. The van der Waals surface area contributed by atoms with Crippen molar-refractivity contribution in [2.45, 2.75) is 25.7 Å². The first-order valence-corrected chi connectivity index (χ1v) is 16.6. The van der Waals surface area contributed by atoms with Crippen LogP contribution >= 0.6 is 0 Å². The average Bonchev–Trinajstić information content (AvgIpc) is 4.08. The highest BCUT2D eigenvalue weighted by atomic mass is 19.1. The molecule has 0 bridgehead atoms. The van der Waals surface area contributed by atoms with E-state index in [4.69, 9.17) is 18.9 Å². The van der Waals surface area contributed by atoms with Crippen molar-refractivity contribution in [1.29, 1.82) is 0 Å². The number of ether oxygens (including phenoxy) is 4. The van der Waals surface area contributed by atoms with Gasteiger partial charge in [-0.15, -0.1) is 0 Å². The molecule has 2 saturated carbocycles. The number of anilines is 2. The van der Waals surface area contributed by atoms with Crippen molar-refractivity contribution in [3.63, 3.8) is 0 Å². The number of nitrogens with one attached hydrogen (secondary N) is 2. The molecule has 266 valence electrons. The highest BCUT2D eigenvalue weighted by molar-refractivity contribution is 5.97. The van der Waals surface area contributed by atoms with Crippen molar-refractivity contribution in [3.8, 4) is 45.9 Å². The van der Waals surface area contributed by atoms with Crippen molar-refractivity contribution in [2.24, 2.45) is 25.9 Å². The van der Waals surface area contributed by atoms with E-state index in [-0.39, 0.29) is 59.4 Å². The summed E-state index contributed by atoms with van der Waals surface area (Å²) in [4.78, 5) is 46.5. The van der Waals surface area contributed by atoms with E-state index >= 15 is 4.39 Å². The summed E-state index contributed by atoms with van der Waals surface area (Å²) in [5.74, 6) is 0.555. The summed E-state index contributed by atoms with van der Waals surface area (Å²) in [6, 6.07) is 7.30. The minimum absolute atomic E-state index is 0.0254. The summed E-state index contributed by atoms with van der Waals surface area (Å²) in [5.41, 5.74) is 3.41. The number of aromatic nitrogens is 7. The third-order valence-corrected chi connectivity index (χ3v) is 9.29. The van der Waals surface area contributed by atoms with Gasteiger partial charge in [0.25, 0.3) is 0 Å². The minimum Gasteiger partial charge on any atom is -0.493 e. The maximum absolute atomic E-state index is 15.2. The van der Waals surface area contributed by atoms with Gasteiger partial charge in [-0.3, -0.25) is 9.59 Å². The Balaban J connectivity index is 1.09. The number of carbonyl (C=O) groups is 2. The van der Waals surface area contributed by atoms with Crippen LogP contribution in [0.1, 0.15) is 25.7 Å². The normalized spacial score (nSPS) is 14.0. The predicted octanol–water partition coefficient (Wildman–Crippen LogP) is 5.25. The maximum atomic E-state index is 15.2. The zero-order valence-electron chi connectivity index (χ0n) is 28.8. The van der Waals surface area contributed by atoms with Crippen LogP contribution < -0.4 is 29.6 Å². The monoisotopic (exact) mass is 707 g/mol. The van der Waals surface area contributed by atoms with Gasteiger partial charge in [-0.2, -0.15) is 0 Å². The summed E-state index contributed by atoms with van der Waals surface area (Å²) in [7, 11) is 6.51. The van der Waals surface area contributed by atoms with Gasteiger partial charge in [0, 0.05) is 36.7 Å². The van der Waals surface area contributed by atoms with Gasteiger partial charge in [0.05, 0.1) is 55.2 Å². The summed E-state index contributed by atoms with van der Waals surface area (Å²) in [5, 5.41) is 7.33. The Kier molecular flexibility index (Phi) is 8.28. The van der Waals surface area contributed by atoms with Crippen LogP contribution in [-0.4, -0.2) is 66.9 Å². The second kappa shape index (κ2) is 13.1. The second-order valence-corrected chi connectivity index (χ2v) is 12.8. The Morgan fingerprint density at radius 2 is 1.23 bits per heavy atom. The number of amides is 2. The Bertz CT molecular complexity index is 2380. The van der Waals surface area contributed by atoms with Crippen molar-refractivity contribution >= 4 is 45.3 Å². The van der Waals surface area contributed by atoms with Gasteiger partial charge in [0.15, 0.2) is 11.6 Å². The van der Waals surface area contributed by atoms with Crippen LogP contribution in [0.5, 0.6) is 23.4 Å². The molecule has 0 atom stereocenters. The first-order valence-electron chi connectivity index (χ1n) is 16.6.